The fourth-order valence-corrected chi connectivity index (χ4v) is 2.32. The minimum absolute atomic E-state index is 0. The predicted octanol–water partition coefficient (Wildman–Crippen LogP) is 3.45. The molecule has 132 valence electrons. The molecule has 1 amide bonds. The van der Waals surface area contributed by atoms with E-state index in [0.717, 1.165) is 12.8 Å². The first-order chi connectivity index (χ1) is 11.1. The number of rotatable bonds is 8. The van der Waals surface area contributed by atoms with Crippen molar-refractivity contribution >= 4 is 41.5 Å². The van der Waals surface area contributed by atoms with Crippen LogP contribution in [0.25, 0.3) is 0 Å². The molecule has 0 unspecified atom stereocenters. The van der Waals surface area contributed by atoms with Crippen molar-refractivity contribution in [2.45, 2.75) is 19.4 Å². The maximum Gasteiger partial charge on any atom is 0.273 e. The molecule has 1 heterocycles. The van der Waals surface area contributed by atoms with Crippen LogP contribution in [0.15, 0.2) is 28.8 Å². The SMILES string of the molecule is Cl.NCCCCNC(=O)c1cc(COc2c(Cl)cccc2Cl)on1. The molecule has 0 aliphatic rings. The number of unbranched alkanes of at least 4 members (excludes halogenated alkanes) is 1. The average Bonchev–Trinajstić information content (AvgIpc) is 3.00. The zero-order valence-electron chi connectivity index (χ0n) is 12.8. The molecule has 0 fully saturated rings. The van der Waals surface area contributed by atoms with Gasteiger partial charge in [-0.25, -0.2) is 0 Å². The van der Waals surface area contributed by atoms with Crippen LogP contribution in [0.2, 0.25) is 10.0 Å². The standard InChI is InChI=1S/C15H17Cl2N3O3.ClH/c16-11-4-3-5-12(17)14(11)22-9-10-8-13(20-23-10)15(21)19-7-2-1-6-18;/h3-5,8H,1-2,6-7,9,18H2,(H,19,21);1H. The Kier molecular flexibility index (Phi) is 8.92. The molecular weight excluding hydrogens is 377 g/mol. The summed E-state index contributed by atoms with van der Waals surface area (Å²) < 4.78 is 10.6. The highest BCUT2D eigenvalue weighted by Crippen LogP contribution is 2.32. The molecule has 0 aliphatic heterocycles. The summed E-state index contributed by atoms with van der Waals surface area (Å²) in [6.07, 6.45) is 1.68. The number of para-hydroxylation sites is 1. The number of halogens is 3. The summed E-state index contributed by atoms with van der Waals surface area (Å²) >= 11 is 12.0. The topological polar surface area (TPSA) is 90.4 Å². The molecule has 0 saturated carbocycles. The molecule has 0 atom stereocenters. The number of nitrogens with two attached hydrogens (primary N) is 1. The number of carbonyl (C=O) groups excluding carboxylic acids is 1. The van der Waals surface area contributed by atoms with Gasteiger partial charge in [-0.1, -0.05) is 34.4 Å². The fraction of sp³-hybridized carbons (Fsp3) is 0.333. The van der Waals surface area contributed by atoms with E-state index in [2.05, 4.69) is 10.5 Å². The highest BCUT2D eigenvalue weighted by Gasteiger charge is 2.13. The maximum absolute atomic E-state index is 11.9. The van der Waals surface area contributed by atoms with Crippen molar-refractivity contribution in [1.82, 2.24) is 10.5 Å². The fourth-order valence-electron chi connectivity index (χ4n) is 1.81. The van der Waals surface area contributed by atoms with Crippen molar-refractivity contribution in [1.29, 1.82) is 0 Å². The Hall–Kier alpha value is -1.47. The number of hydrogen-bond acceptors (Lipinski definition) is 5. The van der Waals surface area contributed by atoms with E-state index >= 15 is 0 Å². The van der Waals surface area contributed by atoms with Crippen LogP contribution in [0.4, 0.5) is 0 Å². The summed E-state index contributed by atoms with van der Waals surface area (Å²) in [5.74, 6) is 0.459. The van der Waals surface area contributed by atoms with Crippen LogP contribution in [-0.4, -0.2) is 24.2 Å². The highest BCUT2D eigenvalue weighted by molar-refractivity contribution is 6.37. The second-order valence-corrected chi connectivity index (χ2v) is 5.58. The van der Waals surface area contributed by atoms with Crippen LogP contribution >= 0.6 is 35.6 Å². The van der Waals surface area contributed by atoms with Gasteiger partial charge >= 0.3 is 0 Å². The Labute approximate surface area is 156 Å². The number of hydrogen-bond donors (Lipinski definition) is 2. The molecule has 0 saturated heterocycles. The third-order valence-corrected chi connectivity index (χ3v) is 3.58. The zero-order chi connectivity index (χ0) is 16.7. The van der Waals surface area contributed by atoms with Crippen LogP contribution in [0, 0.1) is 0 Å². The minimum atomic E-state index is -0.298. The smallest absolute Gasteiger partial charge is 0.273 e. The minimum Gasteiger partial charge on any atom is -0.482 e. The Morgan fingerprint density at radius 3 is 2.67 bits per heavy atom. The molecule has 0 bridgehead atoms. The van der Waals surface area contributed by atoms with Crippen molar-refractivity contribution in [3.63, 3.8) is 0 Å². The first-order valence-corrected chi connectivity index (χ1v) is 7.88. The number of carbonyl (C=O) groups is 1. The lowest BCUT2D eigenvalue weighted by Gasteiger charge is -2.07. The Balaban J connectivity index is 0.00000288. The van der Waals surface area contributed by atoms with Gasteiger partial charge in [0.05, 0.1) is 10.0 Å². The summed E-state index contributed by atoms with van der Waals surface area (Å²) in [6.45, 7) is 1.22. The van der Waals surface area contributed by atoms with Gasteiger partial charge in [0.1, 0.15) is 6.61 Å². The number of nitrogens with zero attached hydrogens (tertiary/aromatic N) is 1. The molecule has 0 spiro atoms. The van der Waals surface area contributed by atoms with Gasteiger partial charge in [-0.2, -0.15) is 0 Å². The van der Waals surface area contributed by atoms with Crippen LogP contribution in [-0.2, 0) is 6.61 Å². The van der Waals surface area contributed by atoms with Crippen molar-refractivity contribution in [3.05, 3.63) is 45.8 Å². The summed E-state index contributed by atoms with van der Waals surface area (Å²) in [6, 6.07) is 6.58. The van der Waals surface area contributed by atoms with E-state index in [1.54, 1.807) is 18.2 Å². The van der Waals surface area contributed by atoms with Crippen molar-refractivity contribution in [2.75, 3.05) is 13.1 Å². The molecule has 0 radical (unpaired) electrons. The molecule has 24 heavy (non-hydrogen) atoms. The lowest BCUT2D eigenvalue weighted by molar-refractivity contribution is 0.0943. The molecule has 1 aromatic heterocycles. The summed E-state index contributed by atoms with van der Waals surface area (Å²) in [5, 5.41) is 7.25. The summed E-state index contributed by atoms with van der Waals surface area (Å²) in [7, 11) is 0. The van der Waals surface area contributed by atoms with Crippen LogP contribution in [0.5, 0.6) is 5.75 Å². The van der Waals surface area contributed by atoms with Crippen LogP contribution < -0.4 is 15.8 Å². The van der Waals surface area contributed by atoms with Gasteiger partial charge < -0.3 is 20.3 Å². The van der Waals surface area contributed by atoms with E-state index in [1.807, 2.05) is 0 Å². The van der Waals surface area contributed by atoms with E-state index in [0.29, 0.717) is 34.6 Å². The van der Waals surface area contributed by atoms with E-state index in [1.165, 1.54) is 6.07 Å². The number of nitrogens with one attached hydrogen (secondary N) is 1. The monoisotopic (exact) mass is 393 g/mol. The van der Waals surface area contributed by atoms with E-state index < -0.39 is 0 Å². The quantitative estimate of drug-likeness (QED) is 0.669. The predicted molar refractivity (Wildman–Crippen MR) is 95.2 cm³/mol. The Morgan fingerprint density at radius 1 is 1.29 bits per heavy atom. The number of benzene rings is 1. The second-order valence-electron chi connectivity index (χ2n) is 4.77. The van der Waals surface area contributed by atoms with Gasteiger partial charge in [-0.15, -0.1) is 12.4 Å². The van der Waals surface area contributed by atoms with Gasteiger partial charge in [0.25, 0.3) is 5.91 Å². The van der Waals surface area contributed by atoms with Gasteiger partial charge in [0.15, 0.2) is 17.2 Å². The van der Waals surface area contributed by atoms with E-state index in [4.69, 9.17) is 38.2 Å². The number of ether oxygens (including phenoxy) is 1. The van der Waals surface area contributed by atoms with E-state index in [9.17, 15) is 4.79 Å². The lowest BCUT2D eigenvalue weighted by atomic mass is 10.3. The molecular formula is C15H18Cl3N3O3. The normalized spacial score (nSPS) is 10.1. The van der Waals surface area contributed by atoms with Crippen LogP contribution in [0.1, 0.15) is 29.1 Å². The third-order valence-electron chi connectivity index (χ3n) is 2.99. The first-order valence-electron chi connectivity index (χ1n) is 7.12. The molecule has 6 nitrogen and oxygen atoms in total. The zero-order valence-corrected chi connectivity index (χ0v) is 15.1. The van der Waals surface area contributed by atoms with Crippen molar-refractivity contribution in [3.8, 4) is 5.75 Å². The first kappa shape index (κ1) is 20.6. The van der Waals surface area contributed by atoms with Gasteiger partial charge in [0, 0.05) is 12.6 Å². The number of aromatic nitrogens is 1. The van der Waals surface area contributed by atoms with Gasteiger partial charge in [-0.05, 0) is 31.5 Å². The molecule has 0 aliphatic carbocycles. The molecule has 9 heteroatoms. The highest BCUT2D eigenvalue weighted by atomic mass is 35.5. The Bertz CT molecular complexity index is 644. The van der Waals surface area contributed by atoms with Gasteiger partial charge in [0.2, 0.25) is 0 Å². The maximum atomic E-state index is 11.9. The molecule has 2 rings (SSSR count). The van der Waals surface area contributed by atoms with Crippen LogP contribution in [0.3, 0.4) is 0 Å². The third kappa shape index (κ3) is 5.87. The molecule has 1 aromatic carbocycles. The molecule has 3 N–H and O–H groups in total. The average molecular weight is 395 g/mol. The second kappa shape index (κ2) is 10.4. The summed E-state index contributed by atoms with van der Waals surface area (Å²) in [5.41, 5.74) is 5.59. The largest absolute Gasteiger partial charge is 0.482 e. The van der Waals surface area contributed by atoms with E-state index in [-0.39, 0.29) is 30.6 Å². The van der Waals surface area contributed by atoms with Crippen molar-refractivity contribution < 1.29 is 14.1 Å². The summed E-state index contributed by atoms with van der Waals surface area (Å²) in [4.78, 5) is 11.9. The van der Waals surface area contributed by atoms with Crippen molar-refractivity contribution in [2.24, 2.45) is 5.73 Å². The number of amides is 1. The molecule has 2 aromatic rings. The van der Waals surface area contributed by atoms with Gasteiger partial charge in [-0.3, -0.25) is 4.79 Å². The lowest BCUT2D eigenvalue weighted by Crippen LogP contribution is -2.25. The Morgan fingerprint density at radius 2 is 2.00 bits per heavy atom.